The molecule has 0 saturated heterocycles. The van der Waals surface area contributed by atoms with Gasteiger partial charge in [0.25, 0.3) is 0 Å². The molecule has 0 spiro atoms. The molecule has 0 aromatic heterocycles. The summed E-state index contributed by atoms with van der Waals surface area (Å²) < 4.78 is 0. The second-order valence-corrected chi connectivity index (χ2v) is 6.41. The zero-order valence-electron chi connectivity index (χ0n) is 12.5. The van der Waals surface area contributed by atoms with Crippen molar-refractivity contribution in [3.63, 3.8) is 0 Å². The second kappa shape index (κ2) is 5.21. The molecule has 1 fully saturated rings. The number of para-hydroxylation sites is 1. The first-order valence-corrected chi connectivity index (χ1v) is 7.74. The van der Waals surface area contributed by atoms with Crippen LogP contribution >= 0.6 is 0 Å². The standard InChI is InChI=1S/C17H24N2O/c1-17(10-5-6-11-17)16(20)19-12-9-14(18-2)13-7-3-4-8-15(13)19/h3-4,7-8,14,18H,5-6,9-12H2,1-2H3. The Morgan fingerprint density at radius 1 is 1.30 bits per heavy atom. The Hall–Kier alpha value is -1.35. The monoisotopic (exact) mass is 272 g/mol. The van der Waals surface area contributed by atoms with Crippen molar-refractivity contribution in [2.75, 3.05) is 18.5 Å². The van der Waals surface area contributed by atoms with E-state index >= 15 is 0 Å². The maximum atomic E-state index is 13.0. The van der Waals surface area contributed by atoms with Gasteiger partial charge in [0, 0.05) is 23.7 Å². The summed E-state index contributed by atoms with van der Waals surface area (Å²) in [5.41, 5.74) is 2.23. The first kappa shape index (κ1) is 13.6. The van der Waals surface area contributed by atoms with E-state index in [1.807, 2.05) is 18.0 Å². The highest BCUT2D eigenvalue weighted by Gasteiger charge is 2.41. The van der Waals surface area contributed by atoms with E-state index in [9.17, 15) is 4.79 Å². The number of nitrogens with zero attached hydrogens (tertiary/aromatic N) is 1. The summed E-state index contributed by atoms with van der Waals surface area (Å²) in [5, 5.41) is 3.36. The Morgan fingerprint density at radius 2 is 2.00 bits per heavy atom. The third-order valence-corrected chi connectivity index (χ3v) is 5.06. The van der Waals surface area contributed by atoms with Gasteiger partial charge in [-0.05, 0) is 37.9 Å². The lowest BCUT2D eigenvalue weighted by atomic mass is 9.85. The predicted molar refractivity (Wildman–Crippen MR) is 81.8 cm³/mol. The summed E-state index contributed by atoms with van der Waals surface area (Å²) >= 11 is 0. The minimum atomic E-state index is -0.139. The molecule has 3 nitrogen and oxygen atoms in total. The maximum Gasteiger partial charge on any atom is 0.232 e. The molecule has 1 aliphatic carbocycles. The predicted octanol–water partition coefficient (Wildman–Crippen LogP) is 3.26. The summed E-state index contributed by atoms with van der Waals surface area (Å²) in [5.74, 6) is 0.331. The normalized spacial score (nSPS) is 24.5. The summed E-state index contributed by atoms with van der Waals surface area (Å²) in [6.45, 7) is 2.98. The first-order valence-electron chi connectivity index (χ1n) is 7.74. The van der Waals surface area contributed by atoms with Crippen molar-refractivity contribution in [1.29, 1.82) is 0 Å². The van der Waals surface area contributed by atoms with E-state index in [0.717, 1.165) is 31.5 Å². The molecule has 1 unspecified atom stereocenters. The molecule has 1 heterocycles. The molecule has 1 aromatic rings. The summed E-state index contributed by atoms with van der Waals surface area (Å²) in [7, 11) is 2.00. The van der Waals surface area contributed by atoms with E-state index in [1.54, 1.807) is 0 Å². The van der Waals surface area contributed by atoms with Crippen LogP contribution in [0, 0.1) is 5.41 Å². The number of nitrogens with one attached hydrogen (secondary N) is 1. The SMILES string of the molecule is CNC1CCN(C(=O)C2(C)CCCC2)c2ccccc21. The number of carbonyl (C=O) groups excluding carboxylic acids is 1. The van der Waals surface area contributed by atoms with Crippen LogP contribution in [0.15, 0.2) is 24.3 Å². The van der Waals surface area contributed by atoms with E-state index in [2.05, 4.69) is 30.4 Å². The van der Waals surface area contributed by atoms with Gasteiger partial charge in [0.2, 0.25) is 5.91 Å². The molecular weight excluding hydrogens is 248 g/mol. The van der Waals surface area contributed by atoms with Crippen LogP contribution in [-0.4, -0.2) is 19.5 Å². The van der Waals surface area contributed by atoms with E-state index in [1.165, 1.54) is 18.4 Å². The average molecular weight is 272 g/mol. The molecule has 1 N–H and O–H groups in total. The number of hydrogen-bond donors (Lipinski definition) is 1. The highest BCUT2D eigenvalue weighted by molar-refractivity contribution is 5.98. The molecule has 1 aromatic carbocycles. The molecule has 3 rings (SSSR count). The van der Waals surface area contributed by atoms with E-state index in [4.69, 9.17) is 0 Å². The number of fused-ring (bicyclic) bond motifs is 1. The van der Waals surface area contributed by atoms with Gasteiger partial charge in [0.15, 0.2) is 0 Å². The fourth-order valence-electron chi connectivity index (χ4n) is 3.77. The van der Waals surface area contributed by atoms with Gasteiger partial charge in [-0.2, -0.15) is 0 Å². The highest BCUT2D eigenvalue weighted by atomic mass is 16.2. The second-order valence-electron chi connectivity index (χ2n) is 6.41. The summed E-state index contributed by atoms with van der Waals surface area (Å²) in [6.07, 6.45) is 5.46. The van der Waals surface area contributed by atoms with Crippen LogP contribution in [0.2, 0.25) is 0 Å². The highest BCUT2D eigenvalue weighted by Crippen LogP contribution is 2.42. The number of carbonyl (C=O) groups is 1. The molecule has 1 saturated carbocycles. The van der Waals surface area contributed by atoms with Crippen LogP contribution in [0.1, 0.15) is 50.6 Å². The Morgan fingerprint density at radius 3 is 2.70 bits per heavy atom. The van der Waals surface area contributed by atoms with Crippen molar-refractivity contribution in [2.45, 2.75) is 45.1 Å². The van der Waals surface area contributed by atoms with Gasteiger partial charge >= 0.3 is 0 Å². The fraction of sp³-hybridized carbons (Fsp3) is 0.588. The Kier molecular flexibility index (Phi) is 3.55. The number of amides is 1. The lowest BCUT2D eigenvalue weighted by Crippen LogP contribution is -2.45. The van der Waals surface area contributed by atoms with Crippen molar-refractivity contribution < 1.29 is 4.79 Å². The average Bonchev–Trinajstić information content (AvgIpc) is 2.93. The van der Waals surface area contributed by atoms with Crippen molar-refractivity contribution in [3.05, 3.63) is 29.8 Å². The first-order chi connectivity index (χ1) is 9.65. The molecular formula is C17H24N2O. The summed E-state index contributed by atoms with van der Waals surface area (Å²) in [6, 6.07) is 8.71. The molecule has 108 valence electrons. The fourth-order valence-corrected chi connectivity index (χ4v) is 3.77. The topological polar surface area (TPSA) is 32.3 Å². The van der Waals surface area contributed by atoms with Gasteiger partial charge in [-0.25, -0.2) is 0 Å². The number of hydrogen-bond acceptors (Lipinski definition) is 2. The molecule has 1 amide bonds. The minimum Gasteiger partial charge on any atom is -0.313 e. The Balaban J connectivity index is 1.93. The van der Waals surface area contributed by atoms with Gasteiger partial charge in [-0.3, -0.25) is 4.79 Å². The zero-order chi connectivity index (χ0) is 14.2. The third-order valence-electron chi connectivity index (χ3n) is 5.06. The van der Waals surface area contributed by atoms with Gasteiger partial charge in [-0.15, -0.1) is 0 Å². The number of rotatable bonds is 2. The molecule has 0 bridgehead atoms. The lowest BCUT2D eigenvalue weighted by molar-refractivity contribution is -0.127. The Bertz CT molecular complexity index is 505. The van der Waals surface area contributed by atoms with Crippen LogP contribution in [0.3, 0.4) is 0 Å². The Labute approximate surface area is 121 Å². The largest absolute Gasteiger partial charge is 0.313 e. The third kappa shape index (κ3) is 2.14. The van der Waals surface area contributed by atoms with Crippen LogP contribution in [0.4, 0.5) is 5.69 Å². The van der Waals surface area contributed by atoms with Crippen LogP contribution in [0.25, 0.3) is 0 Å². The van der Waals surface area contributed by atoms with Gasteiger partial charge in [0.1, 0.15) is 0 Å². The van der Waals surface area contributed by atoms with Gasteiger partial charge in [0.05, 0.1) is 0 Å². The van der Waals surface area contributed by atoms with Crippen LogP contribution in [-0.2, 0) is 4.79 Å². The molecule has 0 radical (unpaired) electrons. The van der Waals surface area contributed by atoms with E-state index in [-0.39, 0.29) is 5.41 Å². The molecule has 2 aliphatic rings. The van der Waals surface area contributed by atoms with Gasteiger partial charge < -0.3 is 10.2 Å². The van der Waals surface area contributed by atoms with Crippen LogP contribution < -0.4 is 10.2 Å². The quantitative estimate of drug-likeness (QED) is 0.896. The van der Waals surface area contributed by atoms with Gasteiger partial charge in [-0.1, -0.05) is 38.0 Å². The zero-order valence-corrected chi connectivity index (χ0v) is 12.5. The van der Waals surface area contributed by atoms with Crippen molar-refractivity contribution in [3.8, 4) is 0 Å². The number of benzene rings is 1. The van der Waals surface area contributed by atoms with Crippen molar-refractivity contribution in [1.82, 2.24) is 5.32 Å². The van der Waals surface area contributed by atoms with Crippen LogP contribution in [0.5, 0.6) is 0 Å². The molecule has 3 heteroatoms. The van der Waals surface area contributed by atoms with Crippen molar-refractivity contribution in [2.24, 2.45) is 5.41 Å². The van der Waals surface area contributed by atoms with Crippen molar-refractivity contribution >= 4 is 11.6 Å². The molecule has 1 aliphatic heterocycles. The summed E-state index contributed by atoms with van der Waals surface area (Å²) in [4.78, 5) is 15.0. The van der Waals surface area contributed by atoms with E-state index < -0.39 is 0 Å². The number of anilines is 1. The molecule has 1 atom stereocenters. The lowest BCUT2D eigenvalue weighted by Gasteiger charge is -2.38. The maximum absolute atomic E-state index is 13.0. The molecule has 20 heavy (non-hydrogen) atoms. The minimum absolute atomic E-state index is 0.139. The smallest absolute Gasteiger partial charge is 0.232 e. The van der Waals surface area contributed by atoms with E-state index in [0.29, 0.717) is 11.9 Å².